The van der Waals surface area contributed by atoms with Gasteiger partial charge in [-0.1, -0.05) is 13.0 Å². The number of benzene rings is 2. The van der Waals surface area contributed by atoms with Crippen LogP contribution < -0.4 is 11.1 Å². The molecule has 1 heterocycles. The molecule has 0 saturated heterocycles. The van der Waals surface area contributed by atoms with E-state index in [1.165, 1.54) is 24.5 Å². The predicted octanol–water partition coefficient (Wildman–Crippen LogP) is 2.30. The highest BCUT2D eigenvalue weighted by atomic mass is 16.5. The molecule has 0 aliphatic rings. The van der Waals surface area contributed by atoms with Gasteiger partial charge < -0.3 is 15.8 Å². The minimum absolute atomic E-state index is 0.239. The molecule has 0 saturated carbocycles. The molecule has 142 valence electrons. The van der Waals surface area contributed by atoms with E-state index in [9.17, 15) is 14.4 Å². The highest BCUT2D eigenvalue weighted by Crippen LogP contribution is 2.17. The SMILES string of the molecule is CCC(OC(=O)c1cccc2nccnc12)C(=O)Nc1ccc(C(N)=O)cc1. The maximum Gasteiger partial charge on any atom is 0.341 e. The number of nitrogens with two attached hydrogens (primary N) is 1. The summed E-state index contributed by atoms with van der Waals surface area (Å²) in [5.74, 6) is -1.69. The Morgan fingerprint density at radius 1 is 1.07 bits per heavy atom. The lowest BCUT2D eigenvalue weighted by atomic mass is 10.1. The van der Waals surface area contributed by atoms with E-state index in [2.05, 4.69) is 15.3 Å². The first-order valence-electron chi connectivity index (χ1n) is 8.61. The van der Waals surface area contributed by atoms with Crippen LogP contribution in [-0.4, -0.2) is 33.9 Å². The fraction of sp³-hybridized carbons (Fsp3) is 0.150. The first kappa shape index (κ1) is 19.0. The molecule has 0 aliphatic heterocycles. The normalized spacial score (nSPS) is 11.6. The number of nitrogens with one attached hydrogen (secondary N) is 1. The van der Waals surface area contributed by atoms with E-state index in [-0.39, 0.29) is 12.0 Å². The number of hydrogen-bond acceptors (Lipinski definition) is 6. The Morgan fingerprint density at radius 3 is 2.46 bits per heavy atom. The van der Waals surface area contributed by atoms with Crippen LogP contribution in [0.3, 0.4) is 0 Å². The number of fused-ring (bicyclic) bond motifs is 1. The summed E-state index contributed by atoms with van der Waals surface area (Å²) in [7, 11) is 0. The van der Waals surface area contributed by atoms with Crippen molar-refractivity contribution in [1.29, 1.82) is 0 Å². The molecule has 0 fully saturated rings. The van der Waals surface area contributed by atoms with Gasteiger partial charge in [0.15, 0.2) is 6.10 Å². The van der Waals surface area contributed by atoms with Crippen molar-refractivity contribution in [1.82, 2.24) is 9.97 Å². The maximum atomic E-state index is 12.6. The molecular weight excluding hydrogens is 360 g/mol. The third kappa shape index (κ3) is 4.12. The van der Waals surface area contributed by atoms with E-state index >= 15 is 0 Å². The lowest BCUT2D eigenvalue weighted by molar-refractivity contribution is -0.124. The number of amides is 2. The van der Waals surface area contributed by atoms with Crippen LogP contribution in [0, 0.1) is 0 Å². The van der Waals surface area contributed by atoms with Gasteiger partial charge in [0.05, 0.1) is 11.1 Å². The Labute approximate surface area is 160 Å². The zero-order chi connectivity index (χ0) is 20.1. The molecule has 0 radical (unpaired) electrons. The van der Waals surface area contributed by atoms with Crippen LogP contribution in [0.1, 0.15) is 34.1 Å². The molecule has 0 spiro atoms. The third-order valence-corrected chi connectivity index (χ3v) is 4.07. The van der Waals surface area contributed by atoms with E-state index in [0.717, 1.165) is 0 Å². The van der Waals surface area contributed by atoms with Crippen molar-refractivity contribution in [2.24, 2.45) is 5.73 Å². The second kappa shape index (κ2) is 8.26. The van der Waals surface area contributed by atoms with Crippen LogP contribution in [0.25, 0.3) is 11.0 Å². The van der Waals surface area contributed by atoms with Gasteiger partial charge in [0, 0.05) is 23.6 Å². The van der Waals surface area contributed by atoms with E-state index in [0.29, 0.717) is 22.3 Å². The van der Waals surface area contributed by atoms with Crippen molar-refractivity contribution in [2.45, 2.75) is 19.4 Å². The molecule has 8 heteroatoms. The van der Waals surface area contributed by atoms with Gasteiger partial charge in [-0.15, -0.1) is 0 Å². The van der Waals surface area contributed by atoms with Crippen molar-refractivity contribution in [2.75, 3.05) is 5.32 Å². The molecular formula is C20H18N4O4. The number of primary amides is 1. The van der Waals surface area contributed by atoms with E-state index in [1.54, 1.807) is 37.3 Å². The van der Waals surface area contributed by atoms with Crippen molar-refractivity contribution < 1.29 is 19.1 Å². The number of para-hydroxylation sites is 1. The highest BCUT2D eigenvalue weighted by molar-refractivity contribution is 6.03. The van der Waals surface area contributed by atoms with E-state index < -0.39 is 23.9 Å². The summed E-state index contributed by atoms with van der Waals surface area (Å²) in [6, 6.07) is 11.1. The maximum absolute atomic E-state index is 12.6. The Morgan fingerprint density at radius 2 is 1.79 bits per heavy atom. The number of carbonyl (C=O) groups excluding carboxylic acids is 3. The molecule has 3 aromatic rings. The summed E-state index contributed by atoms with van der Waals surface area (Å²) in [6.45, 7) is 1.73. The second-order valence-corrected chi connectivity index (χ2v) is 5.96. The van der Waals surface area contributed by atoms with Crippen molar-refractivity contribution in [3.63, 3.8) is 0 Å². The predicted molar refractivity (Wildman–Crippen MR) is 103 cm³/mol. The molecule has 2 amide bonds. The summed E-state index contributed by atoms with van der Waals surface area (Å²) in [5, 5.41) is 2.66. The van der Waals surface area contributed by atoms with Crippen molar-refractivity contribution >= 4 is 34.5 Å². The van der Waals surface area contributed by atoms with Gasteiger partial charge in [-0.05, 0) is 42.8 Å². The van der Waals surface area contributed by atoms with Gasteiger partial charge in [-0.2, -0.15) is 0 Å². The molecule has 2 aromatic carbocycles. The van der Waals surface area contributed by atoms with Gasteiger partial charge in [-0.3, -0.25) is 19.6 Å². The monoisotopic (exact) mass is 378 g/mol. The number of carbonyl (C=O) groups is 3. The molecule has 0 bridgehead atoms. The zero-order valence-electron chi connectivity index (χ0n) is 15.1. The van der Waals surface area contributed by atoms with Crippen LogP contribution in [0.15, 0.2) is 54.9 Å². The third-order valence-electron chi connectivity index (χ3n) is 4.07. The number of esters is 1. The van der Waals surface area contributed by atoms with Gasteiger partial charge in [0.2, 0.25) is 5.91 Å². The Hall–Kier alpha value is -3.81. The number of nitrogens with zero attached hydrogens (tertiary/aromatic N) is 2. The first-order valence-corrected chi connectivity index (χ1v) is 8.61. The fourth-order valence-electron chi connectivity index (χ4n) is 2.61. The van der Waals surface area contributed by atoms with Crippen molar-refractivity contribution in [3.05, 3.63) is 66.0 Å². The smallest absolute Gasteiger partial charge is 0.341 e. The van der Waals surface area contributed by atoms with Gasteiger partial charge in [0.1, 0.15) is 5.52 Å². The Kier molecular flexibility index (Phi) is 5.59. The second-order valence-electron chi connectivity index (χ2n) is 5.96. The number of aromatic nitrogens is 2. The fourth-order valence-corrected chi connectivity index (χ4v) is 2.61. The summed E-state index contributed by atoms with van der Waals surface area (Å²) < 4.78 is 5.40. The van der Waals surface area contributed by atoms with Crippen LogP contribution in [0.4, 0.5) is 5.69 Å². The molecule has 3 rings (SSSR count). The zero-order valence-corrected chi connectivity index (χ0v) is 15.1. The average Bonchev–Trinajstić information content (AvgIpc) is 2.71. The molecule has 1 unspecified atom stereocenters. The first-order chi connectivity index (χ1) is 13.5. The summed E-state index contributed by atoms with van der Waals surface area (Å²) in [6.07, 6.45) is 2.31. The molecule has 3 N–H and O–H groups in total. The molecule has 0 aliphatic carbocycles. The number of ether oxygens (including phenoxy) is 1. The number of anilines is 1. The Balaban J connectivity index is 1.73. The van der Waals surface area contributed by atoms with Gasteiger partial charge >= 0.3 is 5.97 Å². The number of hydrogen-bond donors (Lipinski definition) is 2. The minimum Gasteiger partial charge on any atom is -0.449 e. The largest absolute Gasteiger partial charge is 0.449 e. The lowest BCUT2D eigenvalue weighted by Gasteiger charge is -2.16. The van der Waals surface area contributed by atoms with Gasteiger partial charge in [-0.25, -0.2) is 4.79 Å². The van der Waals surface area contributed by atoms with E-state index in [4.69, 9.17) is 10.5 Å². The topological polar surface area (TPSA) is 124 Å². The quantitative estimate of drug-likeness (QED) is 0.634. The van der Waals surface area contributed by atoms with Crippen LogP contribution >= 0.6 is 0 Å². The highest BCUT2D eigenvalue weighted by Gasteiger charge is 2.23. The summed E-state index contributed by atoms with van der Waals surface area (Å²) in [4.78, 5) is 44.5. The average molecular weight is 378 g/mol. The minimum atomic E-state index is -0.991. The molecule has 28 heavy (non-hydrogen) atoms. The summed E-state index contributed by atoms with van der Waals surface area (Å²) in [5.41, 5.74) is 7.18. The lowest BCUT2D eigenvalue weighted by Crippen LogP contribution is -2.32. The molecule has 1 atom stereocenters. The van der Waals surface area contributed by atoms with Gasteiger partial charge in [0.25, 0.3) is 5.91 Å². The standard InChI is InChI=1S/C20H18N4O4/c1-2-16(19(26)24-13-8-6-12(7-9-13)18(21)25)28-20(27)14-4-3-5-15-17(14)23-11-10-22-15/h3-11,16H,2H2,1H3,(H2,21,25)(H,24,26). The van der Waals surface area contributed by atoms with Crippen LogP contribution in [0.5, 0.6) is 0 Å². The molecule has 8 nitrogen and oxygen atoms in total. The van der Waals surface area contributed by atoms with E-state index in [1.807, 2.05) is 0 Å². The molecule has 1 aromatic heterocycles. The Bertz CT molecular complexity index is 1030. The number of rotatable bonds is 6. The van der Waals surface area contributed by atoms with Crippen LogP contribution in [-0.2, 0) is 9.53 Å². The van der Waals surface area contributed by atoms with Crippen LogP contribution in [0.2, 0.25) is 0 Å². The van der Waals surface area contributed by atoms with Crippen molar-refractivity contribution in [3.8, 4) is 0 Å². The summed E-state index contributed by atoms with van der Waals surface area (Å²) >= 11 is 0.